The van der Waals surface area contributed by atoms with Gasteiger partial charge in [-0.1, -0.05) is 0 Å². The van der Waals surface area contributed by atoms with Crippen LogP contribution >= 0.6 is 12.4 Å². The van der Waals surface area contributed by atoms with Gasteiger partial charge >= 0.3 is 153 Å². The van der Waals surface area contributed by atoms with Gasteiger partial charge in [0.15, 0.2) is 0 Å². The molecule has 0 saturated heterocycles. The van der Waals surface area contributed by atoms with Crippen LogP contribution in [0.4, 0.5) is 4.79 Å². The first kappa shape index (κ1) is 29.5. The van der Waals surface area contributed by atoms with Crippen molar-refractivity contribution in [2.75, 3.05) is 0 Å². The molecule has 0 fully saturated rings. The van der Waals surface area contributed by atoms with Crippen LogP contribution < -0.4 is 0 Å². The molecule has 0 bridgehead atoms. The number of hydrogen-bond acceptors (Lipinski definition) is 1. The summed E-state index contributed by atoms with van der Waals surface area (Å²) in [6, 6.07) is 0. The molecule has 0 spiro atoms. The van der Waals surface area contributed by atoms with Gasteiger partial charge in [-0.05, 0) is 0 Å². The van der Waals surface area contributed by atoms with Crippen LogP contribution in [0.25, 0.3) is 0 Å². The first-order valence-electron chi connectivity index (χ1n) is 0.651. The quantitative estimate of drug-likeness (QED) is 0.452. The molecular formula is CH9Ba3ClO3. The van der Waals surface area contributed by atoms with E-state index in [0.717, 1.165) is 0 Å². The van der Waals surface area contributed by atoms with Gasteiger partial charge < -0.3 is 18.8 Å². The summed E-state index contributed by atoms with van der Waals surface area (Å²) in [5.74, 6) is 0. The van der Waals surface area contributed by atoms with Gasteiger partial charge in [-0.3, -0.25) is 0 Å². The van der Waals surface area contributed by atoms with Crippen molar-refractivity contribution in [2.45, 2.75) is 0 Å². The van der Waals surface area contributed by atoms with Crippen molar-refractivity contribution in [1.29, 1.82) is 0 Å². The number of halogens is 1. The van der Waals surface area contributed by atoms with E-state index in [9.17, 15) is 0 Å². The molecule has 0 amide bonds. The number of rotatable bonds is 0. The molecule has 0 rings (SSSR count). The Labute approximate surface area is 183 Å². The summed E-state index contributed by atoms with van der Waals surface area (Å²) >= 11 is 0. The predicted octanol–water partition coefficient (Wildman–Crippen LogP) is 0.177. The topological polar surface area (TPSA) is 57.5 Å². The summed E-state index contributed by atoms with van der Waals surface area (Å²) in [6.45, 7) is 0. The second kappa shape index (κ2) is 22.5. The van der Waals surface area contributed by atoms with Gasteiger partial charge in [-0.25, -0.2) is 4.79 Å². The normalized spacial score (nSPS) is 3.00. The number of carbonyl (C=O) groups is 1. The third-order valence-electron chi connectivity index (χ3n) is 0. The van der Waals surface area contributed by atoms with Crippen molar-refractivity contribution in [3.63, 3.8) is 0 Å². The summed E-state index contributed by atoms with van der Waals surface area (Å²) in [6.07, 6.45) is -1.83. The third-order valence-corrected chi connectivity index (χ3v) is 0. The minimum atomic E-state index is -1.83. The Kier molecular flexibility index (Phi) is 82.9. The van der Waals surface area contributed by atoms with Crippen LogP contribution in [-0.4, -0.2) is 163 Å². The monoisotopic (exact) mass is 518 g/mol. The molecule has 0 aromatic carbocycles. The predicted molar refractivity (Wildman–Crippen MR) is 41.8 cm³/mol. The van der Waals surface area contributed by atoms with E-state index in [4.69, 9.17) is 15.0 Å². The van der Waals surface area contributed by atoms with E-state index >= 15 is 0 Å². The SMILES string of the molecule is Cl.O=C(O)O.[Ba+2].[Ba+2].[Ba+2].[H-].[H-].[H-].[H-].[H-].[H-]. The molecule has 0 aliphatic heterocycles. The minimum Gasteiger partial charge on any atom is -1.00 e. The van der Waals surface area contributed by atoms with Crippen LogP contribution in [0.2, 0.25) is 0 Å². The zero-order chi connectivity index (χ0) is 3.58. The van der Waals surface area contributed by atoms with Crippen LogP contribution in [0, 0.1) is 0 Å². The molecule has 0 radical (unpaired) electrons. The van der Waals surface area contributed by atoms with Crippen molar-refractivity contribution in [2.24, 2.45) is 0 Å². The summed E-state index contributed by atoms with van der Waals surface area (Å²) in [7, 11) is 0. The summed E-state index contributed by atoms with van der Waals surface area (Å²) in [4.78, 5) is 8.56. The van der Waals surface area contributed by atoms with Gasteiger partial charge in [0.25, 0.3) is 0 Å². The maximum absolute atomic E-state index is 8.56. The summed E-state index contributed by atoms with van der Waals surface area (Å²) < 4.78 is 0. The molecule has 0 aromatic rings. The molecule has 3 nitrogen and oxygen atoms in total. The van der Waals surface area contributed by atoms with Crippen molar-refractivity contribution in [3.8, 4) is 0 Å². The van der Waals surface area contributed by atoms with E-state index in [0.29, 0.717) is 0 Å². The molecule has 44 valence electrons. The smallest absolute Gasteiger partial charge is 1.00 e. The Morgan fingerprint density at radius 3 is 1.12 bits per heavy atom. The van der Waals surface area contributed by atoms with E-state index in [1.165, 1.54) is 0 Å². The summed E-state index contributed by atoms with van der Waals surface area (Å²) in [5, 5.41) is 13.9. The van der Waals surface area contributed by atoms with E-state index in [1.54, 1.807) is 0 Å². The Hall–Kier alpha value is 4.27. The Bertz CT molecular complexity index is 51.3. The van der Waals surface area contributed by atoms with Gasteiger partial charge in [0.05, 0.1) is 0 Å². The standard InChI is InChI=1S/CH2O3.3Ba.ClH.6H/c2-1(3)4;;;;;;;;;;/h(H2,2,3,4);;;;1H;;;;;;/q;3*+2;;6*-1. The molecule has 0 atom stereocenters. The van der Waals surface area contributed by atoms with Gasteiger partial charge in [0.1, 0.15) is 0 Å². The van der Waals surface area contributed by atoms with Crippen LogP contribution in [0.15, 0.2) is 0 Å². The molecule has 0 aliphatic carbocycles. The van der Waals surface area contributed by atoms with E-state index < -0.39 is 6.16 Å². The van der Waals surface area contributed by atoms with Gasteiger partial charge in [0.2, 0.25) is 0 Å². The molecule has 0 aliphatic rings. The van der Waals surface area contributed by atoms with Crippen molar-refractivity contribution in [1.82, 2.24) is 0 Å². The van der Waals surface area contributed by atoms with Crippen LogP contribution in [0.3, 0.4) is 0 Å². The second-order valence-corrected chi connectivity index (χ2v) is 0.283. The van der Waals surface area contributed by atoms with Gasteiger partial charge in [0, 0.05) is 0 Å². The Morgan fingerprint density at radius 2 is 1.12 bits per heavy atom. The van der Waals surface area contributed by atoms with Crippen molar-refractivity contribution >= 4 is 165 Å². The van der Waals surface area contributed by atoms with Crippen LogP contribution in [0.1, 0.15) is 8.56 Å². The number of hydrogen-bond donors (Lipinski definition) is 2. The molecule has 0 saturated carbocycles. The fourth-order valence-corrected chi connectivity index (χ4v) is 0. The molecule has 2 N–H and O–H groups in total. The zero-order valence-corrected chi connectivity index (χ0v) is 18.5. The fraction of sp³-hybridized carbons (Fsp3) is 0. The van der Waals surface area contributed by atoms with Crippen LogP contribution in [0.5, 0.6) is 0 Å². The van der Waals surface area contributed by atoms with E-state index in [1.807, 2.05) is 0 Å². The first-order chi connectivity index (χ1) is 1.73. The molecule has 0 unspecified atom stereocenters. The van der Waals surface area contributed by atoms with E-state index in [-0.39, 0.29) is 168 Å². The Morgan fingerprint density at radius 1 is 1.12 bits per heavy atom. The fourth-order valence-electron chi connectivity index (χ4n) is 0. The largest absolute Gasteiger partial charge is 2.00 e. The summed E-state index contributed by atoms with van der Waals surface area (Å²) in [5.41, 5.74) is 0. The Balaban J connectivity index is -0.000000001000. The first-order valence-corrected chi connectivity index (χ1v) is 0.651. The van der Waals surface area contributed by atoms with E-state index in [2.05, 4.69) is 0 Å². The third kappa shape index (κ3) is 48.4. The average molecular weight is 517 g/mol. The maximum atomic E-state index is 8.56. The van der Waals surface area contributed by atoms with Crippen LogP contribution in [-0.2, 0) is 0 Å². The average Bonchev–Trinajstić information content (AvgIpc) is 0.811. The zero-order valence-electron chi connectivity index (χ0n) is 10.3. The van der Waals surface area contributed by atoms with Crippen molar-refractivity contribution < 1.29 is 23.6 Å². The molecular weight excluding hydrogens is 507 g/mol. The second-order valence-electron chi connectivity index (χ2n) is 0.283. The van der Waals surface area contributed by atoms with Gasteiger partial charge in [-0.15, -0.1) is 12.4 Å². The van der Waals surface area contributed by atoms with Crippen molar-refractivity contribution in [3.05, 3.63) is 0 Å². The molecule has 0 heterocycles. The van der Waals surface area contributed by atoms with Gasteiger partial charge in [-0.2, -0.15) is 0 Å². The minimum absolute atomic E-state index is 0. The number of carboxylic acid groups (broad SMARTS) is 2. The molecule has 0 aromatic heterocycles. The maximum Gasteiger partial charge on any atom is 2.00 e. The molecule has 7 heteroatoms. The molecule has 8 heavy (non-hydrogen) atoms.